The summed E-state index contributed by atoms with van der Waals surface area (Å²) in [6, 6.07) is 0.706. The summed E-state index contributed by atoms with van der Waals surface area (Å²) in [7, 11) is 0. The van der Waals surface area contributed by atoms with Gasteiger partial charge in [-0.1, -0.05) is 0 Å². The first-order valence-corrected chi connectivity index (χ1v) is 7.19. The third-order valence-corrected chi connectivity index (χ3v) is 3.97. The van der Waals surface area contributed by atoms with E-state index >= 15 is 0 Å². The minimum atomic E-state index is 0.706. The van der Waals surface area contributed by atoms with Gasteiger partial charge in [0.05, 0.1) is 0 Å². The molecule has 2 aliphatic rings. The summed E-state index contributed by atoms with van der Waals surface area (Å²) in [4.78, 5) is 11.5. The predicted molar refractivity (Wildman–Crippen MR) is 72.7 cm³/mol. The summed E-state index contributed by atoms with van der Waals surface area (Å²) in [6.45, 7) is 1.81. The highest BCUT2D eigenvalue weighted by atomic mass is 15.2. The Morgan fingerprint density at radius 3 is 2.83 bits per heavy atom. The molecular formula is C14H22N4. The van der Waals surface area contributed by atoms with Crippen LogP contribution in [0.5, 0.6) is 0 Å². The van der Waals surface area contributed by atoms with Gasteiger partial charge in [-0.05, 0) is 51.5 Å². The third kappa shape index (κ3) is 2.34. The van der Waals surface area contributed by atoms with Crippen molar-refractivity contribution in [3.05, 3.63) is 17.6 Å². The Hall–Kier alpha value is -1.16. The molecule has 3 rings (SSSR count). The van der Waals surface area contributed by atoms with Crippen molar-refractivity contribution in [3.63, 3.8) is 0 Å². The molecule has 98 valence electrons. The van der Waals surface area contributed by atoms with Crippen molar-refractivity contribution in [1.29, 1.82) is 0 Å². The monoisotopic (exact) mass is 246 g/mol. The van der Waals surface area contributed by atoms with Gasteiger partial charge in [0.25, 0.3) is 0 Å². The van der Waals surface area contributed by atoms with E-state index in [0.717, 1.165) is 32.4 Å². The SMILES string of the molecule is NCCCN(c1ncnc2c1CCCC2)C1CC1. The third-order valence-electron chi connectivity index (χ3n) is 3.97. The fourth-order valence-corrected chi connectivity index (χ4v) is 2.86. The van der Waals surface area contributed by atoms with Crippen molar-refractivity contribution >= 4 is 5.82 Å². The van der Waals surface area contributed by atoms with Crippen LogP contribution in [0.1, 0.15) is 43.4 Å². The maximum absolute atomic E-state index is 5.65. The maximum Gasteiger partial charge on any atom is 0.135 e. The summed E-state index contributed by atoms with van der Waals surface area (Å²) >= 11 is 0. The van der Waals surface area contributed by atoms with E-state index in [0.29, 0.717) is 6.04 Å². The van der Waals surface area contributed by atoms with Crippen molar-refractivity contribution in [2.24, 2.45) is 5.73 Å². The van der Waals surface area contributed by atoms with Gasteiger partial charge < -0.3 is 10.6 Å². The number of anilines is 1. The second-order valence-electron chi connectivity index (χ2n) is 5.40. The van der Waals surface area contributed by atoms with Gasteiger partial charge in [0.1, 0.15) is 12.1 Å². The molecule has 0 aromatic carbocycles. The van der Waals surface area contributed by atoms with Crippen LogP contribution in [0.2, 0.25) is 0 Å². The summed E-state index contributed by atoms with van der Waals surface area (Å²) in [5.41, 5.74) is 8.35. The molecule has 1 heterocycles. The van der Waals surface area contributed by atoms with Gasteiger partial charge in [-0.3, -0.25) is 0 Å². The molecule has 0 bridgehead atoms. The van der Waals surface area contributed by atoms with Crippen LogP contribution >= 0.6 is 0 Å². The lowest BCUT2D eigenvalue weighted by Gasteiger charge is -2.28. The Morgan fingerprint density at radius 2 is 2.06 bits per heavy atom. The van der Waals surface area contributed by atoms with E-state index in [-0.39, 0.29) is 0 Å². The fraction of sp³-hybridized carbons (Fsp3) is 0.714. The van der Waals surface area contributed by atoms with Crippen molar-refractivity contribution < 1.29 is 0 Å². The normalized spacial score (nSPS) is 18.5. The molecular weight excluding hydrogens is 224 g/mol. The van der Waals surface area contributed by atoms with Crippen LogP contribution in [-0.4, -0.2) is 29.1 Å². The van der Waals surface area contributed by atoms with Gasteiger partial charge in [-0.15, -0.1) is 0 Å². The molecule has 0 radical (unpaired) electrons. The molecule has 1 fully saturated rings. The van der Waals surface area contributed by atoms with E-state index < -0.39 is 0 Å². The smallest absolute Gasteiger partial charge is 0.135 e. The van der Waals surface area contributed by atoms with Gasteiger partial charge in [-0.2, -0.15) is 0 Å². The van der Waals surface area contributed by atoms with E-state index in [2.05, 4.69) is 14.9 Å². The van der Waals surface area contributed by atoms with Crippen molar-refractivity contribution in [2.75, 3.05) is 18.0 Å². The molecule has 18 heavy (non-hydrogen) atoms. The lowest BCUT2D eigenvalue weighted by Crippen LogP contribution is -2.31. The van der Waals surface area contributed by atoms with Crippen LogP contribution in [0, 0.1) is 0 Å². The Balaban J connectivity index is 1.88. The fourth-order valence-electron chi connectivity index (χ4n) is 2.86. The van der Waals surface area contributed by atoms with Crippen molar-refractivity contribution in [2.45, 2.75) is 51.0 Å². The Bertz CT molecular complexity index is 414. The molecule has 1 saturated carbocycles. The first-order chi connectivity index (χ1) is 8.90. The number of nitrogens with two attached hydrogens (primary N) is 1. The molecule has 2 aliphatic carbocycles. The second kappa shape index (κ2) is 5.22. The number of aromatic nitrogens is 2. The van der Waals surface area contributed by atoms with E-state index in [1.54, 1.807) is 6.33 Å². The number of hydrogen-bond acceptors (Lipinski definition) is 4. The number of aryl methyl sites for hydroxylation is 1. The molecule has 4 nitrogen and oxygen atoms in total. The van der Waals surface area contributed by atoms with Crippen LogP contribution < -0.4 is 10.6 Å². The summed E-state index contributed by atoms with van der Waals surface area (Å²) in [6.07, 6.45) is 10.2. The van der Waals surface area contributed by atoms with Crippen LogP contribution in [0.3, 0.4) is 0 Å². The zero-order valence-electron chi connectivity index (χ0n) is 10.9. The van der Waals surface area contributed by atoms with Crippen LogP contribution in [-0.2, 0) is 12.8 Å². The molecule has 0 aliphatic heterocycles. The summed E-state index contributed by atoms with van der Waals surface area (Å²) < 4.78 is 0. The largest absolute Gasteiger partial charge is 0.353 e. The van der Waals surface area contributed by atoms with Crippen LogP contribution in [0.4, 0.5) is 5.82 Å². The van der Waals surface area contributed by atoms with Gasteiger partial charge in [-0.25, -0.2) is 9.97 Å². The van der Waals surface area contributed by atoms with Gasteiger partial charge >= 0.3 is 0 Å². The molecule has 0 amide bonds. The molecule has 1 aromatic heterocycles. The second-order valence-corrected chi connectivity index (χ2v) is 5.40. The topological polar surface area (TPSA) is 55.0 Å². The van der Waals surface area contributed by atoms with E-state index in [1.165, 1.54) is 42.8 Å². The zero-order chi connectivity index (χ0) is 12.4. The molecule has 0 unspecified atom stereocenters. The van der Waals surface area contributed by atoms with Crippen molar-refractivity contribution in [3.8, 4) is 0 Å². The molecule has 0 saturated heterocycles. The van der Waals surface area contributed by atoms with E-state index in [9.17, 15) is 0 Å². The standard InChI is InChI=1S/C14H22N4/c15-8-3-9-18(11-6-7-11)14-12-4-1-2-5-13(12)16-10-17-14/h10-11H,1-9,15H2. The van der Waals surface area contributed by atoms with E-state index in [1.807, 2.05) is 0 Å². The molecule has 1 aromatic rings. The lowest BCUT2D eigenvalue weighted by atomic mass is 9.96. The Morgan fingerprint density at radius 1 is 1.22 bits per heavy atom. The quantitative estimate of drug-likeness (QED) is 0.858. The molecule has 2 N–H and O–H groups in total. The number of hydrogen-bond donors (Lipinski definition) is 1. The number of nitrogens with zero attached hydrogens (tertiary/aromatic N) is 3. The first-order valence-electron chi connectivity index (χ1n) is 7.19. The number of rotatable bonds is 5. The van der Waals surface area contributed by atoms with Gasteiger partial charge in [0.2, 0.25) is 0 Å². The van der Waals surface area contributed by atoms with Gasteiger partial charge in [0, 0.05) is 23.8 Å². The summed E-state index contributed by atoms with van der Waals surface area (Å²) in [5.74, 6) is 1.20. The lowest BCUT2D eigenvalue weighted by molar-refractivity contribution is 0.647. The first kappa shape index (κ1) is 11.9. The zero-order valence-corrected chi connectivity index (χ0v) is 10.9. The highest BCUT2D eigenvalue weighted by Crippen LogP contribution is 2.35. The van der Waals surface area contributed by atoms with Gasteiger partial charge in [0.15, 0.2) is 0 Å². The highest BCUT2D eigenvalue weighted by molar-refractivity contribution is 5.51. The highest BCUT2D eigenvalue weighted by Gasteiger charge is 2.31. The molecule has 4 heteroatoms. The minimum Gasteiger partial charge on any atom is -0.353 e. The average Bonchev–Trinajstić information content (AvgIpc) is 3.24. The summed E-state index contributed by atoms with van der Waals surface area (Å²) in [5, 5.41) is 0. The Labute approximate surface area is 109 Å². The van der Waals surface area contributed by atoms with Crippen LogP contribution in [0.15, 0.2) is 6.33 Å². The van der Waals surface area contributed by atoms with Crippen molar-refractivity contribution in [1.82, 2.24) is 9.97 Å². The predicted octanol–water partition coefficient (Wildman–Crippen LogP) is 1.67. The Kier molecular flexibility index (Phi) is 3.46. The molecule has 0 atom stereocenters. The molecule has 0 spiro atoms. The average molecular weight is 246 g/mol. The van der Waals surface area contributed by atoms with Crippen LogP contribution in [0.25, 0.3) is 0 Å². The maximum atomic E-state index is 5.65. The number of fused-ring (bicyclic) bond motifs is 1. The van der Waals surface area contributed by atoms with E-state index in [4.69, 9.17) is 5.73 Å². The minimum absolute atomic E-state index is 0.706.